The van der Waals surface area contributed by atoms with E-state index in [1.165, 1.54) is 6.20 Å². The second kappa shape index (κ2) is 6.43. The number of nitrogens with zero attached hydrogens (tertiary/aromatic N) is 4. The first-order chi connectivity index (χ1) is 9.20. The van der Waals surface area contributed by atoms with E-state index < -0.39 is 0 Å². The second-order valence-electron chi connectivity index (χ2n) is 4.37. The number of hydrogen-bond donors (Lipinski definition) is 0. The highest BCUT2D eigenvalue weighted by Crippen LogP contribution is 2.12. The first-order valence-corrected chi connectivity index (χ1v) is 7.29. The predicted octanol–water partition coefficient (Wildman–Crippen LogP) is 0.965. The molecule has 0 aromatic carbocycles. The van der Waals surface area contributed by atoms with Crippen molar-refractivity contribution in [2.24, 2.45) is 0 Å². The van der Waals surface area contributed by atoms with E-state index in [-0.39, 0.29) is 5.91 Å². The molecule has 0 bridgehead atoms. The largest absolute Gasteiger partial charge is 0.350 e. The Morgan fingerprint density at radius 2 is 2.26 bits per heavy atom. The molecular weight excluding hydrogens is 260 g/mol. The van der Waals surface area contributed by atoms with Crippen LogP contribution in [-0.2, 0) is 4.79 Å². The summed E-state index contributed by atoms with van der Waals surface area (Å²) < 4.78 is 0. The first kappa shape index (κ1) is 13.7. The Kier molecular flexibility index (Phi) is 4.63. The fraction of sp³-hybridized carbons (Fsp3) is 0.462. The number of rotatable bonds is 3. The van der Waals surface area contributed by atoms with Crippen molar-refractivity contribution in [1.82, 2.24) is 9.88 Å². The Labute approximate surface area is 117 Å². The fourth-order valence-corrected chi connectivity index (χ4v) is 2.78. The lowest BCUT2D eigenvalue weighted by Crippen LogP contribution is -2.43. The third kappa shape index (κ3) is 3.61. The number of nitriles is 1. The monoisotopic (exact) mass is 276 g/mol. The molecular formula is C13H16N4OS. The third-order valence-corrected chi connectivity index (χ3v) is 3.95. The average Bonchev–Trinajstić information content (AvgIpc) is 2.48. The van der Waals surface area contributed by atoms with Crippen LogP contribution < -0.4 is 4.90 Å². The van der Waals surface area contributed by atoms with Gasteiger partial charge in [-0.25, -0.2) is 4.98 Å². The van der Waals surface area contributed by atoms with Gasteiger partial charge in [0, 0.05) is 37.8 Å². The number of pyridine rings is 1. The molecule has 1 aliphatic rings. The van der Waals surface area contributed by atoms with E-state index in [1.807, 2.05) is 34.7 Å². The van der Waals surface area contributed by atoms with E-state index >= 15 is 0 Å². The number of anilines is 1. The predicted molar refractivity (Wildman–Crippen MR) is 76.1 cm³/mol. The van der Waals surface area contributed by atoms with Crippen molar-refractivity contribution in [3.8, 4) is 6.07 Å². The van der Waals surface area contributed by atoms with Gasteiger partial charge in [-0.2, -0.15) is 17.0 Å². The molecule has 1 amide bonds. The highest BCUT2D eigenvalue weighted by molar-refractivity contribution is 7.99. The number of carbonyl (C=O) groups is 1. The van der Waals surface area contributed by atoms with Crippen LogP contribution in [0.1, 0.15) is 5.56 Å². The number of amides is 1. The SMILES string of the molecule is CN(CC(=O)N1CCSCC1)c1ccc(C#N)cn1. The normalized spacial score (nSPS) is 14.8. The number of hydrogen-bond acceptors (Lipinski definition) is 5. The summed E-state index contributed by atoms with van der Waals surface area (Å²) in [5.74, 6) is 2.88. The molecule has 1 fully saturated rings. The Hall–Kier alpha value is -1.74. The summed E-state index contributed by atoms with van der Waals surface area (Å²) in [6, 6.07) is 5.50. The first-order valence-electron chi connectivity index (χ1n) is 6.13. The van der Waals surface area contributed by atoms with Crippen molar-refractivity contribution in [3.63, 3.8) is 0 Å². The minimum Gasteiger partial charge on any atom is -0.350 e. The van der Waals surface area contributed by atoms with Crippen LogP contribution in [0.5, 0.6) is 0 Å². The Morgan fingerprint density at radius 1 is 1.53 bits per heavy atom. The summed E-state index contributed by atoms with van der Waals surface area (Å²) in [5.41, 5.74) is 0.525. The van der Waals surface area contributed by atoms with Crippen molar-refractivity contribution in [1.29, 1.82) is 5.26 Å². The summed E-state index contributed by atoms with van der Waals surface area (Å²) in [6.07, 6.45) is 1.52. The van der Waals surface area contributed by atoms with Gasteiger partial charge in [0.25, 0.3) is 0 Å². The van der Waals surface area contributed by atoms with Crippen molar-refractivity contribution >= 4 is 23.5 Å². The molecule has 0 aliphatic carbocycles. The molecule has 0 saturated carbocycles. The molecule has 1 saturated heterocycles. The van der Waals surface area contributed by atoms with E-state index in [9.17, 15) is 4.79 Å². The van der Waals surface area contributed by atoms with Gasteiger partial charge in [-0.1, -0.05) is 0 Å². The van der Waals surface area contributed by atoms with Crippen LogP contribution in [0.2, 0.25) is 0 Å². The lowest BCUT2D eigenvalue weighted by Gasteiger charge is -2.28. The van der Waals surface area contributed by atoms with Crippen LogP contribution in [0, 0.1) is 11.3 Å². The molecule has 1 aliphatic heterocycles. The fourth-order valence-electron chi connectivity index (χ4n) is 1.87. The molecule has 5 nitrogen and oxygen atoms in total. The molecule has 0 N–H and O–H groups in total. The smallest absolute Gasteiger partial charge is 0.242 e. The molecule has 0 atom stereocenters. The second-order valence-corrected chi connectivity index (χ2v) is 5.59. The molecule has 0 unspecified atom stereocenters. The molecule has 1 aromatic rings. The highest BCUT2D eigenvalue weighted by Gasteiger charge is 2.18. The summed E-state index contributed by atoms with van der Waals surface area (Å²) in [6.45, 7) is 1.99. The van der Waals surface area contributed by atoms with Crippen molar-refractivity contribution in [3.05, 3.63) is 23.9 Å². The minimum atomic E-state index is 0.133. The van der Waals surface area contributed by atoms with E-state index in [0.29, 0.717) is 17.9 Å². The van der Waals surface area contributed by atoms with Crippen molar-refractivity contribution < 1.29 is 4.79 Å². The summed E-state index contributed by atoms with van der Waals surface area (Å²) in [5, 5.41) is 8.72. The molecule has 1 aromatic heterocycles. The Bertz CT molecular complexity index is 476. The summed E-state index contributed by atoms with van der Waals surface area (Å²) >= 11 is 1.88. The van der Waals surface area contributed by atoms with E-state index in [1.54, 1.807) is 12.1 Å². The topological polar surface area (TPSA) is 60.2 Å². The van der Waals surface area contributed by atoms with E-state index in [2.05, 4.69) is 4.98 Å². The Balaban J connectivity index is 1.93. The van der Waals surface area contributed by atoms with Gasteiger partial charge >= 0.3 is 0 Å². The van der Waals surface area contributed by atoms with Crippen LogP contribution in [0.25, 0.3) is 0 Å². The van der Waals surface area contributed by atoms with E-state index in [0.717, 1.165) is 24.6 Å². The van der Waals surface area contributed by atoms with Gasteiger partial charge < -0.3 is 9.80 Å². The van der Waals surface area contributed by atoms with Crippen LogP contribution in [0.4, 0.5) is 5.82 Å². The van der Waals surface area contributed by atoms with Gasteiger partial charge in [0.1, 0.15) is 11.9 Å². The maximum atomic E-state index is 12.1. The van der Waals surface area contributed by atoms with Crippen LogP contribution in [-0.4, -0.2) is 54.0 Å². The zero-order valence-corrected chi connectivity index (χ0v) is 11.7. The molecule has 100 valence electrons. The van der Waals surface area contributed by atoms with Gasteiger partial charge in [-0.05, 0) is 12.1 Å². The molecule has 0 radical (unpaired) electrons. The molecule has 19 heavy (non-hydrogen) atoms. The summed E-state index contributed by atoms with van der Waals surface area (Å²) in [7, 11) is 1.84. The number of likely N-dealkylation sites (N-methyl/N-ethyl adjacent to an activating group) is 1. The molecule has 2 heterocycles. The third-order valence-electron chi connectivity index (χ3n) is 3.00. The lowest BCUT2D eigenvalue weighted by atomic mass is 10.3. The molecule has 6 heteroatoms. The van der Waals surface area contributed by atoms with Gasteiger partial charge in [-0.15, -0.1) is 0 Å². The molecule has 2 rings (SSSR count). The standard InChI is InChI=1S/C13H16N4OS/c1-16(12-3-2-11(8-14)9-15-12)10-13(18)17-4-6-19-7-5-17/h2-3,9H,4-7,10H2,1H3. The zero-order valence-electron chi connectivity index (χ0n) is 10.9. The lowest BCUT2D eigenvalue weighted by molar-refractivity contribution is -0.129. The van der Waals surface area contributed by atoms with Crippen molar-refractivity contribution in [2.75, 3.05) is 43.1 Å². The van der Waals surface area contributed by atoms with Gasteiger partial charge in [0.15, 0.2) is 0 Å². The van der Waals surface area contributed by atoms with Crippen LogP contribution in [0.15, 0.2) is 18.3 Å². The number of carbonyl (C=O) groups excluding carboxylic acids is 1. The maximum absolute atomic E-state index is 12.1. The van der Waals surface area contributed by atoms with Crippen molar-refractivity contribution in [2.45, 2.75) is 0 Å². The minimum absolute atomic E-state index is 0.133. The number of aromatic nitrogens is 1. The number of thioether (sulfide) groups is 1. The van der Waals surface area contributed by atoms with Gasteiger partial charge in [0.2, 0.25) is 5.91 Å². The highest BCUT2D eigenvalue weighted by atomic mass is 32.2. The molecule has 0 spiro atoms. The summed E-state index contributed by atoms with van der Waals surface area (Å²) in [4.78, 5) is 20.0. The van der Waals surface area contributed by atoms with Crippen LogP contribution in [0.3, 0.4) is 0 Å². The average molecular weight is 276 g/mol. The zero-order chi connectivity index (χ0) is 13.7. The van der Waals surface area contributed by atoms with Gasteiger partial charge in [0.05, 0.1) is 12.1 Å². The van der Waals surface area contributed by atoms with Gasteiger partial charge in [-0.3, -0.25) is 4.79 Å². The van der Waals surface area contributed by atoms with Crippen LogP contribution >= 0.6 is 11.8 Å². The quantitative estimate of drug-likeness (QED) is 0.823. The Morgan fingerprint density at radius 3 is 2.84 bits per heavy atom. The van der Waals surface area contributed by atoms with E-state index in [4.69, 9.17) is 5.26 Å². The maximum Gasteiger partial charge on any atom is 0.242 e.